The summed E-state index contributed by atoms with van der Waals surface area (Å²) in [6, 6.07) is 0.242. The molecule has 4 nitrogen and oxygen atoms in total. The third-order valence-corrected chi connectivity index (χ3v) is 1.74. The lowest BCUT2D eigenvalue weighted by molar-refractivity contribution is 0.527. The smallest absolute Gasteiger partial charge is 0.0165 e. The average Bonchev–Trinajstić information content (AvgIpc) is 2.09. The van der Waals surface area contributed by atoms with E-state index in [9.17, 15) is 0 Å². The Hall–Kier alpha value is -0.160. The number of hydrogen-bond donors (Lipinski definition) is 4. The van der Waals surface area contributed by atoms with Crippen LogP contribution in [0.3, 0.4) is 0 Å². The van der Waals surface area contributed by atoms with Gasteiger partial charge in [0.15, 0.2) is 0 Å². The summed E-state index contributed by atoms with van der Waals surface area (Å²) >= 11 is 0. The third kappa shape index (κ3) is 7.94. The fourth-order valence-electron chi connectivity index (χ4n) is 0.997. The maximum absolute atomic E-state index is 5.79. The molecule has 7 N–H and O–H groups in total. The number of nitrogens with one attached hydrogen (secondary N) is 1. The van der Waals surface area contributed by atoms with E-state index >= 15 is 0 Å². The predicted octanol–water partition coefficient (Wildman–Crippen LogP) is -1.01. The van der Waals surface area contributed by atoms with Gasteiger partial charge in [-0.05, 0) is 38.9 Å². The zero-order valence-electron chi connectivity index (χ0n) is 7.76. The van der Waals surface area contributed by atoms with E-state index in [1.807, 2.05) is 0 Å². The van der Waals surface area contributed by atoms with Crippen LogP contribution in [0.1, 0.15) is 19.3 Å². The second kappa shape index (κ2) is 8.93. The second-order valence-corrected chi connectivity index (χ2v) is 3.04. The lowest BCUT2D eigenvalue weighted by Gasteiger charge is -2.11. The van der Waals surface area contributed by atoms with Gasteiger partial charge in [-0.2, -0.15) is 0 Å². The molecule has 0 fully saturated rings. The van der Waals surface area contributed by atoms with E-state index in [2.05, 4.69) is 5.32 Å². The van der Waals surface area contributed by atoms with Crippen LogP contribution in [0.2, 0.25) is 0 Å². The second-order valence-electron chi connectivity index (χ2n) is 3.04. The van der Waals surface area contributed by atoms with Crippen LogP contribution < -0.4 is 22.5 Å². The van der Waals surface area contributed by atoms with E-state index in [1.165, 1.54) is 0 Å². The Labute approximate surface area is 74.9 Å². The normalized spacial score (nSPS) is 13.2. The fourth-order valence-corrected chi connectivity index (χ4v) is 0.997. The minimum absolute atomic E-state index is 0.242. The lowest BCUT2D eigenvalue weighted by atomic mass is 10.1. The highest BCUT2D eigenvalue weighted by Gasteiger charge is 1.99. The molecular weight excluding hydrogens is 152 g/mol. The van der Waals surface area contributed by atoms with Crippen molar-refractivity contribution < 1.29 is 0 Å². The van der Waals surface area contributed by atoms with Crippen LogP contribution in [-0.2, 0) is 0 Å². The molecule has 0 saturated carbocycles. The van der Waals surface area contributed by atoms with Crippen molar-refractivity contribution in [1.29, 1.82) is 0 Å². The van der Waals surface area contributed by atoms with Crippen molar-refractivity contribution in [1.82, 2.24) is 5.32 Å². The topological polar surface area (TPSA) is 90.1 Å². The van der Waals surface area contributed by atoms with Gasteiger partial charge in [0, 0.05) is 12.6 Å². The van der Waals surface area contributed by atoms with Crippen LogP contribution in [0, 0.1) is 0 Å². The van der Waals surface area contributed by atoms with Crippen molar-refractivity contribution >= 4 is 0 Å². The van der Waals surface area contributed by atoms with Crippen LogP contribution in [0.25, 0.3) is 0 Å². The Bertz CT molecular complexity index is 87.1. The molecule has 0 aromatic carbocycles. The van der Waals surface area contributed by atoms with Gasteiger partial charge in [0.05, 0.1) is 0 Å². The van der Waals surface area contributed by atoms with E-state index in [1.54, 1.807) is 0 Å². The highest BCUT2D eigenvalue weighted by molar-refractivity contribution is 4.64. The Morgan fingerprint density at radius 2 is 1.75 bits per heavy atom. The minimum atomic E-state index is 0.242. The van der Waals surface area contributed by atoms with Crippen molar-refractivity contribution in [2.45, 2.75) is 25.3 Å². The Morgan fingerprint density at radius 3 is 2.33 bits per heavy atom. The summed E-state index contributed by atoms with van der Waals surface area (Å²) in [6.45, 7) is 3.31. The van der Waals surface area contributed by atoms with Crippen molar-refractivity contribution in [2.75, 3.05) is 26.2 Å². The zero-order valence-corrected chi connectivity index (χ0v) is 7.76. The molecule has 0 aliphatic carbocycles. The van der Waals surface area contributed by atoms with Gasteiger partial charge >= 0.3 is 0 Å². The highest BCUT2D eigenvalue weighted by Crippen LogP contribution is 1.90. The van der Waals surface area contributed by atoms with Gasteiger partial charge in [-0.15, -0.1) is 0 Å². The van der Waals surface area contributed by atoms with Crippen LogP contribution in [0.15, 0.2) is 0 Å². The molecule has 12 heavy (non-hydrogen) atoms. The first-order valence-electron chi connectivity index (χ1n) is 4.67. The number of rotatable bonds is 8. The minimum Gasteiger partial charge on any atom is -0.330 e. The van der Waals surface area contributed by atoms with Gasteiger partial charge in [-0.1, -0.05) is 0 Å². The molecule has 0 heterocycles. The summed E-state index contributed by atoms with van der Waals surface area (Å²) in [5.41, 5.74) is 16.5. The highest BCUT2D eigenvalue weighted by atomic mass is 14.9. The molecule has 0 spiro atoms. The van der Waals surface area contributed by atoms with Crippen LogP contribution in [0.4, 0.5) is 0 Å². The van der Waals surface area contributed by atoms with E-state index in [4.69, 9.17) is 17.2 Å². The summed E-state index contributed by atoms with van der Waals surface area (Å²) < 4.78 is 0. The summed E-state index contributed by atoms with van der Waals surface area (Å²) in [5.74, 6) is 0. The molecular formula is C8H22N4. The van der Waals surface area contributed by atoms with Gasteiger partial charge in [0.25, 0.3) is 0 Å². The first-order valence-corrected chi connectivity index (χ1v) is 4.67. The van der Waals surface area contributed by atoms with Crippen LogP contribution in [0.5, 0.6) is 0 Å². The Kier molecular flexibility index (Phi) is 8.81. The quantitative estimate of drug-likeness (QED) is 0.355. The molecule has 0 rings (SSSR count). The van der Waals surface area contributed by atoms with Crippen LogP contribution >= 0.6 is 0 Å². The monoisotopic (exact) mass is 174 g/mol. The van der Waals surface area contributed by atoms with Crippen LogP contribution in [-0.4, -0.2) is 32.2 Å². The molecule has 0 aliphatic heterocycles. The molecule has 1 atom stereocenters. The number of nitrogens with two attached hydrogens (primary N) is 3. The average molecular weight is 174 g/mol. The predicted molar refractivity (Wildman–Crippen MR) is 52.8 cm³/mol. The molecule has 1 unspecified atom stereocenters. The molecule has 0 aromatic heterocycles. The summed E-state index contributed by atoms with van der Waals surface area (Å²) in [7, 11) is 0. The van der Waals surface area contributed by atoms with Gasteiger partial charge in [0.2, 0.25) is 0 Å². The summed E-state index contributed by atoms with van der Waals surface area (Å²) in [6.07, 6.45) is 3.04. The zero-order chi connectivity index (χ0) is 9.23. The Morgan fingerprint density at radius 1 is 1.08 bits per heavy atom. The van der Waals surface area contributed by atoms with Gasteiger partial charge in [0.1, 0.15) is 0 Å². The van der Waals surface area contributed by atoms with Gasteiger partial charge < -0.3 is 22.5 Å². The van der Waals surface area contributed by atoms with Crippen molar-refractivity contribution in [2.24, 2.45) is 17.2 Å². The van der Waals surface area contributed by atoms with Crippen molar-refractivity contribution in [3.63, 3.8) is 0 Å². The maximum Gasteiger partial charge on any atom is 0.0165 e. The first-order chi connectivity index (χ1) is 5.81. The molecule has 0 bridgehead atoms. The van der Waals surface area contributed by atoms with E-state index in [0.717, 1.165) is 45.4 Å². The molecule has 0 aromatic rings. The maximum atomic E-state index is 5.79. The molecule has 74 valence electrons. The van der Waals surface area contributed by atoms with Gasteiger partial charge in [-0.25, -0.2) is 0 Å². The Balaban J connectivity index is 3.02. The summed E-state index contributed by atoms with van der Waals surface area (Å²) in [5, 5.41) is 3.25. The SMILES string of the molecule is NCCCNCC(N)CCCN. The van der Waals surface area contributed by atoms with E-state index < -0.39 is 0 Å². The largest absolute Gasteiger partial charge is 0.330 e. The lowest BCUT2D eigenvalue weighted by Crippen LogP contribution is -2.35. The van der Waals surface area contributed by atoms with E-state index in [-0.39, 0.29) is 6.04 Å². The molecule has 0 radical (unpaired) electrons. The first kappa shape index (κ1) is 11.8. The number of hydrogen-bond acceptors (Lipinski definition) is 4. The molecule has 0 saturated heterocycles. The third-order valence-electron chi connectivity index (χ3n) is 1.74. The van der Waals surface area contributed by atoms with E-state index in [0.29, 0.717) is 0 Å². The fraction of sp³-hybridized carbons (Fsp3) is 1.00. The van der Waals surface area contributed by atoms with Crippen molar-refractivity contribution in [3.8, 4) is 0 Å². The summed E-state index contributed by atoms with van der Waals surface area (Å²) in [4.78, 5) is 0. The van der Waals surface area contributed by atoms with Crippen molar-refractivity contribution in [3.05, 3.63) is 0 Å². The standard InChI is InChI=1S/C8H22N4/c9-4-1-3-8(11)7-12-6-2-5-10/h8,12H,1-7,9-11H2. The molecule has 0 aliphatic rings. The van der Waals surface area contributed by atoms with Gasteiger partial charge in [-0.3, -0.25) is 0 Å². The molecule has 0 amide bonds. The molecule has 4 heteroatoms.